The summed E-state index contributed by atoms with van der Waals surface area (Å²) in [7, 11) is 0. The van der Waals surface area contributed by atoms with Gasteiger partial charge >= 0.3 is 0 Å². The lowest BCUT2D eigenvalue weighted by Crippen LogP contribution is -2.30. The summed E-state index contributed by atoms with van der Waals surface area (Å²) in [5.74, 6) is 1.32. The Bertz CT molecular complexity index is 522. The predicted octanol–water partition coefficient (Wildman–Crippen LogP) is 2.16. The number of rotatable bonds is 5. The second-order valence-electron chi connectivity index (χ2n) is 6.84. The third-order valence-corrected chi connectivity index (χ3v) is 4.68. The molecule has 0 amide bonds. The van der Waals surface area contributed by atoms with Crippen LogP contribution in [0.5, 0.6) is 0 Å². The molecule has 3 rings (SSSR count). The minimum atomic E-state index is -0.675. The van der Waals surface area contributed by atoms with E-state index in [1.807, 2.05) is 30.3 Å². The van der Waals surface area contributed by atoms with Gasteiger partial charge in [-0.25, -0.2) is 0 Å². The molecule has 2 saturated carbocycles. The number of aliphatic hydroxyl groups is 2. The summed E-state index contributed by atoms with van der Waals surface area (Å²) < 4.78 is 0. The molecule has 2 aliphatic rings. The molecule has 0 saturated heterocycles. The summed E-state index contributed by atoms with van der Waals surface area (Å²) in [5, 5.41) is 20.2. The molecule has 2 aliphatic carbocycles. The first-order valence-corrected chi connectivity index (χ1v) is 8.29. The topological polar surface area (TPSA) is 74.6 Å². The van der Waals surface area contributed by atoms with Gasteiger partial charge in [0.15, 0.2) is 0 Å². The van der Waals surface area contributed by atoms with Gasteiger partial charge in [-0.3, -0.25) is 4.79 Å². The van der Waals surface area contributed by atoms with Crippen LogP contribution in [-0.2, 0) is 16.0 Å². The van der Waals surface area contributed by atoms with Crippen molar-refractivity contribution >= 4 is 11.6 Å². The SMILES string of the molecule is CC(C)=O.O=C1CC2C(C1)C2C(O)C(O)CCc1ccccc1. The van der Waals surface area contributed by atoms with E-state index in [0.717, 1.165) is 6.42 Å². The summed E-state index contributed by atoms with van der Waals surface area (Å²) in [6.07, 6.45) is 1.24. The van der Waals surface area contributed by atoms with Crippen molar-refractivity contribution in [2.24, 2.45) is 17.8 Å². The van der Waals surface area contributed by atoms with Crippen LogP contribution in [0.2, 0.25) is 0 Å². The van der Waals surface area contributed by atoms with E-state index >= 15 is 0 Å². The van der Waals surface area contributed by atoms with E-state index in [-0.39, 0.29) is 11.7 Å². The van der Waals surface area contributed by atoms with Crippen molar-refractivity contribution < 1.29 is 19.8 Å². The molecule has 4 nitrogen and oxygen atoms in total. The Morgan fingerprint density at radius 1 is 1.13 bits per heavy atom. The van der Waals surface area contributed by atoms with Crippen molar-refractivity contribution in [2.75, 3.05) is 0 Å². The minimum Gasteiger partial charge on any atom is -0.390 e. The molecule has 0 radical (unpaired) electrons. The van der Waals surface area contributed by atoms with Crippen molar-refractivity contribution in [3.8, 4) is 0 Å². The number of Topliss-reactive ketones (excluding diaryl/α,β-unsaturated/α-hetero) is 2. The van der Waals surface area contributed by atoms with Crippen LogP contribution in [0.25, 0.3) is 0 Å². The molecular weight excluding hydrogens is 292 g/mol. The van der Waals surface area contributed by atoms with Crippen LogP contribution in [0.4, 0.5) is 0 Å². The van der Waals surface area contributed by atoms with Crippen LogP contribution in [0.15, 0.2) is 30.3 Å². The highest BCUT2D eigenvalue weighted by Crippen LogP contribution is 2.58. The molecule has 0 spiro atoms. The molecule has 23 heavy (non-hydrogen) atoms. The van der Waals surface area contributed by atoms with Gasteiger partial charge in [0.05, 0.1) is 12.2 Å². The van der Waals surface area contributed by atoms with Gasteiger partial charge in [-0.1, -0.05) is 30.3 Å². The molecule has 0 heterocycles. The third kappa shape index (κ3) is 4.98. The normalized spacial score (nSPS) is 27.5. The molecule has 126 valence electrons. The number of aliphatic hydroxyl groups excluding tert-OH is 2. The second-order valence-corrected chi connectivity index (χ2v) is 6.84. The zero-order valence-electron chi connectivity index (χ0n) is 13.8. The quantitative estimate of drug-likeness (QED) is 0.872. The summed E-state index contributed by atoms with van der Waals surface area (Å²) in [6.45, 7) is 3.06. The van der Waals surface area contributed by atoms with Crippen molar-refractivity contribution in [3.05, 3.63) is 35.9 Å². The molecule has 4 unspecified atom stereocenters. The maximum absolute atomic E-state index is 11.2. The molecule has 0 aromatic heterocycles. The molecule has 4 atom stereocenters. The van der Waals surface area contributed by atoms with E-state index in [1.165, 1.54) is 19.4 Å². The number of carbonyl (C=O) groups is 2. The van der Waals surface area contributed by atoms with Gasteiger partial charge in [0.2, 0.25) is 0 Å². The van der Waals surface area contributed by atoms with Crippen LogP contribution in [0, 0.1) is 17.8 Å². The zero-order chi connectivity index (χ0) is 17.0. The lowest BCUT2D eigenvalue weighted by Gasteiger charge is -2.19. The van der Waals surface area contributed by atoms with Gasteiger partial charge in [0.25, 0.3) is 0 Å². The summed E-state index contributed by atoms with van der Waals surface area (Å²) >= 11 is 0. The average molecular weight is 318 g/mol. The fourth-order valence-corrected chi connectivity index (χ4v) is 3.55. The Morgan fingerprint density at radius 2 is 1.65 bits per heavy atom. The standard InChI is InChI=1S/C16H20O3.C3H6O/c17-11-8-12-13(9-11)15(12)16(19)14(18)7-6-10-4-2-1-3-5-10;1-3(2)4/h1-5,12-16,18-19H,6-9H2;1-2H3. The molecule has 0 aliphatic heterocycles. The van der Waals surface area contributed by atoms with E-state index < -0.39 is 12.2 Å². The Kier molecular flexibility index (Phi) is 6.08. The highest BCUT2D eigenvalue weighted by Gasteiger charge is 2.59. The number of ketones is 2. The summed E-state index contributed by atoms with van der Waals surface area (Å²) in [4.78, 5) is 20.6. The van der Waals surface area contributed by atoms with Crippen LogP contribution in [-0.4, -0.2) is 34.0 Å². The van der Waals surface area contributed by atoms with Crippen molar-refractivity contribution in [2.45, 2.75) is 51.7 Å². The molecule has 2 N–H and O–H groups in total. The molecule has 0 bridgehead atoms. The Morgan fingerprint density at radius 3 is 2.17 bits per heavy atom. The smallest absolute Gasteiger partial charge is 0.133 e. The fourth-order valence-electron chi connectivity index (χ4n) is 3.55. The largest absolute Gasteiger partial charge is 0.390 e. The first-order valence-electron chi connectivity index (χ1n) is 8.29. The maximum atomic E-state index is 11.2. The monoisotopic (exact) mass is 318 g/mol. The summed E-state index contributed by atoms with van der Waals surface area (Å²) in [5.41, 5.74) is 1.18. The van der Waals surface area contributed by atoms with Crippen LogP contribution in [0.3, 0.4) is 0 Å². The van der Waals surface area contributed by atoms with E-state index in [2.05, 4.69) is 0 Å². The fraction of sp³-hybridized carbons (Fsp3) is 0.579. The highest BCUT2D eigenvalue weighted by atomic mass is 16.3. The zero-order valence-corrected chi connectivity index (χ0v) is 13.8. The molecule has 1 aromatic carbocycles. The molecule has 2 fully saturated rings. The van der Waals surface area contributed by atoms with Gasteiger partial charge < -0.3 is 15.0 Å². The molecule has 4 heteroatoms. The van der Waals surface area contributed by atoms with Gasteiger partial charge in [0, 0.05) is 12.8 Å². The number of benzene rings is 1. The van der Waals surface area contributed by atoms with Crippen molar-refractivity contribution in [1.82, 2.24) is 0 Å². The average Bonchev–Trinajstić information content (AvgIpc) is 3.01. The maximum Gasteiger partial charge on any atom is 0.133 e. The second kappa shape index (κ2) is 7.84. The molecular formula is C19H26O4. The number of hydrogen-bond donors (Lipinski definition) is 2. The van der Waals surface area contributed by atoms with E-state index in [0.29, 0.717) is 36.9 Å². The Hall–Kier alpha value is -1.52. The predicted molar refractivity (Wildman–Crippen MR) is 87.8 cm³/mol. The summed E-state index contributed by atoms with van der Waals surface area (Å²) in [6, 6.07) is 9.99. The van der Waals surface area contributed by atoms with E-state index in [9.17, 15) is 19.8 Å². The van der Waals surface area contributed by atoms with Gasteiger partial charge in [-0.2, -0.15) is 0 Å². The molecule has 1 aromatic rings. The minimum absolute atomic E-state index is 0.156. The lowest BCUT2D eigenvalue weighted by atomic mass is 9.97. The van der Waals surface area contributed by atoms with Gasteiger partial charge in [0.1, 0.15) is 11.6 Å². The number of fused-ring (bicyclic) bond motifs is 1. The van der Waals surface area contributed by atoms with Crippen molar-refractivity contribution in [3.63, 3.8) is 0 Å². The van der Waals surface area contributed by atoms with Crippen LogP contribution in [0.1, 0.15) is 38.7 Å². The lowest BCUT2D eigenvalue weighted by molar-refractivity contribution is -0.119. The first-order chi connectivity index (χ1) is 10.9. The van der Waals surface area contributed by atoms with E-state index in [1.54, 1.807) is 0 Å². The van der Waals surface area contributed by atoms with Crippen molar-refractivity contribution in [1.29, 1.82) is 0 Å². The van der Waals surface area contributed by atoms with Gasteiger partial charge in [-0.15, -0.1) is 0 Å². The number of carbonyl (C=O) groups excluding carboxylic acids is 2. The van der Waals surface area contributed by atoms with Crippen LogP contribution >= 0.6 is 0 Å². The van der Waals surface area contributed by atoms with E-state index in [4.69, 9.17) is 0 Å². The Labute approximate surface area is 137 Å². The third-order valence-electron chi connectivity index (χ3n) is 4.68. The number of aryl methyl sites for hydroxylation is 1. The highest BCUT2D eigenvalue weighted by molar-refractivity contribution is 5.83. The first kappa shape index (κ1) is 17.8. The van der Waals surface area contributed by atoms with Crippen LogP contribution < -0.4 is 0 Å². The Balaban J connectivity index is 0.000000433. The number of hydrogen-bond acceptors (Lipinski definition) is 4. The van der Waals surface area contributed by atoms with Gasteiger partial charge in [-0.05, 0) is 50.0 Å².